The quantitative estimate of drug-likeness (QED) is 0.773. The topological polar surface area (TPSA) is 20.3 Å². The Labute approximate surface area is 130 Å². The summed E-state index contributed by atoms with van der Waals surface area (Å²) in [5.74, 6) is 2.38. The highest BCUT2D eigenvalue weighted by molar-refractivity contribution is 5.89. The van der Waals surface area contributed by atoms with E-state index in [1.807, 2.05) is 0 Å². The monoisotopic (exact) mass is 291 g/mol. The predicted molar refractivity (Wildman–Crippen MR) is 87.2 cm³/mol. The Morgan fingerprint density at radius 1 is 1.14 bits per heavy atom. The van der Waals surface area contributed by atoms with Gasteiger partial charge in [-0.1, -0.05) is 59.8 Å². The predicted octanol–water partition coefficient (Wildman–Crippen LogP) is 4.28. The van der Waals surface area contributed by atoms with Gasteiger partial charge in [-0.3, -0.25) is 9.69 Å². The molecule has 0 bridgehead atoms. The Balaban J connectivity index is 1.69. The number of nitrogens with zero attached hydrogens (tertiary/aromatic N) is 1. The molecule has 21 heavy (non-hydrogen) atoms. The smallest absolute Gasteiger partial charge is 0.155 e. The third-order valence-electron chi connectivity index (χ3n) is 6.48. The number of Topliss-reactive ketones (excluding diaryl/α,β-unsaturated/α-hetero) is 1. The highest BCUT2D eigenvalue weighted by Gasteiger charge is 2.62. The van der Waals surface area contributed by atoms with E-state index in [-0.39, 0.29) is 11.5 Å². The second-order valence-corrected chi connectivity index (χ2v) is 8.97. The highest BCUT2D eigenvalue weighted by atomic mass is 16.1. The van der Waals surface area contributed by atoms with Crippen LogP contribution in [0.5, 0.6) is 0 Å². The number of likely N-dealkylation sites (N-methyl/N-ethyl adjacent to an activating group) is 1. The van der Waals surface area contributed by atoms with E-state index in [0.29, 0.717) is 11.2 Å². The van der Waals surface area contributed by atoms with Crippen molar-refractivity contribution in [2.24, 2.45) is 22.7 Å². The summed E-state index contributed by atoms with van der Waals surface area (Å²) < 4.78 is 0. The van der Waals surface area contributed by atoms with Crippen molar-refractivity contribution in [3.8, 4) is 0 Å². The molecule has 0 aromatic rings. The Morgan fingerprint density at radius 3 is 2.38 bits per heavy atom. The standard InChI is InChI=1S/C19H33NO/c1-5-20-13-19(12-16(20)17(21)18(2,3)4)11-15(19)14-9-7-6-8-10-14/h14-16H,5-13H2,1-4H3/t15?,16-,19-/m0/s1. The first-order chi connectivity index (χ1) is 9.87. The van der Waals surface area contributed by atoms with Gasteiger partial charge in [0.25, 0.3) is 0 Å². The molecular formula is C19H33NO. The van der Waals surface area contributed by atoms with Gasteiger partial charge in [0.1, 0.15) is 0 Å². The zero-order valence-electron chi connectivity index (χ0n) is 14.5. The minimum absolute atomic E-state index is 0.196. The first kappa shape index (κ1) is 15.5. The number of likely N-dealkylation sites (tertiary alicyclic amines) is 1. The zero-order valence-corrected chi connectivity index (χ0v) is 14.5. The van der Waals surface area contributed by atoms with Gasteiger partial charge in [0.05, 0.1) is 6.04 Å². The van der Waals surface area contributed by atoms with E-state index in [1.165, 1.54) is 45.1 Å². The number of rotatable bonds is 3. The third-order valence-corrected chi connectivity index (χ3v) is 6.48. The molecule has 1 aliphatic heterocycles. The molecule has 0 aromatic heterocycles. The van der Waals surface area contributed by atoms with E-state index in [1.54, 1.807) is 0 Å². The van der Waals surface area contributed by atoms with E-state index in [4.69, 9.17) is 0 Å². The fraction of sp³-hybridized carbons (Fsp3) is 0.947. The number of hydrogen-bond acceptors (Lipinski definition) is 2. The number of carbonyl (C=O) groups is 1. The van der Waals surface area contributed by atoms with Gasteiger partial charge in [0.15, 0.2) is 5.78 Å². The Bertz CT molecular complexity index is 404. The maximum absolute atomic E-state index is 12.8. The van der Waals surface area contributed by atoms with Crippen LogP contribution in [-0.2, 0) is 4.79 Å². The second kappa shape index (κ2) is 5.37. The third kappa shape index (κ3) is 2.81. The second-order valence-electron chi connectivity index (χ2n) is 8.97. The Morgan fingerprint density at radius 2 is 1.81 bits per heavy atom. The summed E-state index contributed by atoms with van der Waals surface area (Å²) in [5, 5.41) is 0. The van der Waals surface area contributed by atoms with Crippen LogP contribution >= 0.6 is 0 Å². The van der Waals surface area contributed by atoms with Crippen LogP contribution in [0.2, 0.25) is 0 Å². The number of hydrogen-bond donors (Lipinski definition) is 0. The average Bonchev–Trinajstić information content (AvgIpc) is 3.02. The molecule has 1 spiro atoms. The Kier molecular flexibility index (Phi) is 3.97. The zero-order chi connectivity index (χ0) is 15.3. The average molecular weight is 291 g/mol. The summed E-state index contributed by atoms with van der Waals surface area (Å²) >= 11 is 0. The largest absolute Gasteiger partial charge is 0.297 e. The van der Waals surface area contributed by atoms with Crippen molar-refractivity contribution < 1.29 is 4.79 Å². The maximum atomic E-state index is 12.8. The van der Waals surface area contributed by atoms with Gasteiger partial charge in [-0.25, -0.2) is 0 Å². The molecule has 3 atom stereocenters. The van der Waals surface area contributed by atoms with Crippen LogP contribution in [-0.4, -0.2) is 29.8 Å². The SMILES string of the molecule is CCN1C[C@]2(CC2C2CCCCC2)C[C@H]1C(=O)C(C)(C)C. The summed E-state index contributed by atoms with van der Waals surface area (Å²) in [6, 6.07) is 0.198. The van der Waals surface area contributed by atoms with E-state index >= 15 is 0 Å². The summed E-state index contributed by atoms with van der Waals surface area (Å²) in [7, 11) is 0. The summed E-state index contributed by atoms with van der Waals surface area (Å²) in [6.45, 7) is 10.7. The molecule has 1 heterocycles. The number of carbonyl (C=O) groups excluding carboxylic acids is 1. The van der Waals surface area contributed by atoms with E-state index in [9.17, 15) is 4.79 Å². The molecular weight excluding hydrogens is 258 g/mol. The molecule has 2 aliphatic carbocycles. The van der Waals surface area contributed by atoms with Gasteiger partial charge in [-0.05, 0) is 36.6 Å². The van der Waals surface area contributed by atoms with Crippen LogP contribution in [0.1, 0.15) is 72.6 Å². The lowest BCUT2D eigenvalue weighted by molar-refractivity contribution is -0.130. The minimum atomic E-state index is -0.196. The van der Waals surface area contributed by atoms with Crippen molar-refractivity contribution in [1.29, 1.82) is 0 Å². The van der Waals surface area contributed by atoms with Crippen LogP contribution in [0.15, 0.2) is 0 Å². The number of ketones is 1. The fourth-order valence-corrected chi connectivity index (χ4v) is 5.18. The molecule has 0 amide bonds. The van der Waals surface area contributed by atoms with Crippen LogP contribution in [0, 0.1) is 22.7 Å². The molecule has 3 rings (SSSR count). The lowest BCUT2D eigenvalue weighted by atomic mass is 9.80. The summed E-state index contributed by atoms with van der Waals surface area (Å²) in [5.41, 5.74) is 0.322. The van der Waals surface area contributed by atoms with Gasteiger partial charge < -0.3 is 0 Å². The van der Waals surface area contributed by atoms with Crippen molar-refractivity contribution in [3.05, 3.63) is 0 Å². The lowest BCUT2D eigenvalue weighted by Gasteiger charge is -2.27. The summed E-state index contributed by atoms with van der Waals surface area (Å²) in [6.07, 6.45) is 9.80. The molecule has 3 aliphatic rings. The van der Waals surface area contributed by atoms with Crippen LogP contribution in [0.3, 0.4) is 0 Å². The van der Waals surface area contributed by atoms with Crippen LogP contribution in [0.25, 0.3) is 0 Å². The maximum Gasteiger partial charge on any atom is 0.155 e. The normalized spacial score (nSPS) is 38.1. The molecule has 2 saturated carbocycles. The van der Waals surface area contributed by atoms with Gasteiger partial charge >= 0.3 is 0 Å². The van der Waals surface area contributed by atoms with E-state index in [0.717, 1.165) is 24.8 Å². The molecule has 120 valence electrons. The molecule has 0 N–H and O–H groups in total. The van der Waals surface area contributed by atoms with Gasteiger partial charge in [0, 0.05) is 12.0 Å². The molecule has 0 aromatic carbocycles. The van der Waals surface area contributed by atoms with Gasteiger partial charge in [-0.2, -0.15) is 0 Å². The van der Waals surface area contributed by atoms with Gasteiger partial charge in [-0.15, -0.1) is 0 Å². The van der Waals surface area contributed by atoms with Crippen molar-refractivity contribution in [2.45, 2.75) is 78.7 Å². The Hall–Kier alpha value is -0.370. The molecule has 0 radical (unpaired) electrons. The van der Waals surface area contributed by atoms with Crippen molar-refractivity contribution >= 4 is 5.78 Å². The fourth-order valence-electron chi connectivity index (χ4n) is 5.18. The first-order valence-corrected chi connectivity index (χ1v) is 9.16. The van der Waals surface area contributed by atoms with Crippen LogP contribution in [0.4, 0.5) is 0 Å². The minimum Gasteiger partial charge on any atom is -0.297 e. The van der Waals surface area contributed by atoms with Crippen LogP contribution < -0.4 is 0 Å². The van der Waals surface area contributed by atoms with Crippen molar-refractivity contribution in [1.82, 2.24) is 4.90 Å². The van der Waals surface area contributed by atoms with Crippen molar-refractivity contribution in [2.75, 3.05) is 13.1 Å². The lowest BCUT2D eigenvalue weighted by Crippen LogP contribution is -2.41. The first-order valence-electron chi connectivity index (χ1n) is 9.16. The van der Waals surface area contributed by atoms with E-state index in [2.05, 4.69) is 32.6 Å². The summed E-state index contributed by atoms with van der Waals surface area (Å²) in [4.78, 5) is 15.3. The van der Waals surface area contributed by atoms with Crippen molar-refractivity contribution in [3.63, 3.8) is 0 Å². The molecule has 2 nitrogen and oxygen atoms in total. The molecule has 1 saturated heterocycles. The molecule has 2 heteroatoms. The van der Waals surface area contributed by atoms with Gasteiger partial charge in [0.2, 0.25) is 0 Å². The molecule has 3 fully saturated rings. The van der Waals surface area contributed by atoms with E-state index < -0.39 is 0 Å². The highest BCUT2D eigenvalue weighted by Crippen LogP contribution is 2.65. The molecule has 1 unspecified atom stereocenters.